The van der Waals surface area contributed by atoms with Crippen molar-refractivity contribution in [3.8, 4) is 0 Å². The SMILES string of the molecule is CCCC(CCC)C(=O)NCC1CCCNC1. The van der Waals surface area contributed by atoms with Crippen LogP contribution in [0.15, 0.2) is 0 Å². The molecule has 3 heteroatoms. The normalized spacial score (nSPS) is 20.5. The maximum absolute atomic E-state index is 12.0. The Balaban J connectivity index is 2.25. The molecule has 2 N–H and O–H groups in total. The second kappa shape index (κ2) is 8.51. The van der Waals surface area contributed by atoms with Crippen LogP contribution in [0.2, 0.25) is 0 Å². The van der Waals surface area contributed by atoms with Gasteiger partial charge in [-0.25, -0.2) is 0 Å². The molecule has 1 unspecified atom stereocenters. The van der Waals surface area contributed by atoms with E-state index in [0.717, 1.165) is 45.3 Å². The van der Waals surface area contributed by atoms with Crippen molar-refractivity contribution >= 4 is 5.91 Å². The molecule has 1 amide bonds. The minimum absolute atomic E-state index is 0.238. The lowest BCUT2D eigenvalue weighted by Crippen LogP contribution is -2.40. The van der Waals surface area contributed by atoms with Crippen molar-refractivity contribution in [3.63, 3.8) is 0 Å². The van der Waals surface area contributed by atoms with E-state index in [1.54, 1.807) is 0 Å². The molecule has 1 aliphatic rings. The molecule has 0 aliphatic carbocycles. The van der Waals surface area contributed by atoms with Crippen LogP contribution in [0.4, 0.5) is 0 Å². The number of nitrogens with one attached hydrogen (secondary N) is 2. The van der Waals surface area contributed by atoms with E-state index in [1.165, 1.54) is 12.8 Å². The molecule has 17 heavy (non-hydrogen) atoms. The molecule has 0 radical (unpaired) electrons. The number of piperidine rings is 1. The van der Waals surface area contributed by atoms with Crippen molar-refractivity contribution in [1.82, 2.24) is 10.6 Å². The summed E-state index contributed by atoms with van der Waals surface area (Å²) in [5.41, 5.74) is 0. The Bertz CT molecular complexity index is 206. The summed E-state index contributed by atoms with van der Waals surface area (Å²) < 4.78 is 0. The van der Waals surface area contributed by atoms with Crippen LogP contribution in [-0.2, 0) is 4.79 Å². The monoisotopic (exact) mass is 240 g/mol. The fourth-order valence-corrected chi connectivity index (χ4v) is 2.59. The first-order chi connectivity index (χ1) is 8.27. The number of amides is 1. The molecule has 0 spiro atoms. The first-order valence-corrected chi connectivity index (χ1v) is 7.26. The first-order valence-electron chi connectivity index (χ1n) is 7.26. The van der Waals surface area contributed by atoms with Gasteiger partial charge in [0.2, 0.25) is 5.91 Å². The lowest BCUT2D eigenvalue weighted by molar-refractivity contribution is -0.125. The molecule has 3 nitrogen and oxygen atoms in total. The zero-order chi connectivity index (χ0) is 12.5. The van der Waals surface area contributed by atoms with Crippen LogP contribution < -0.4 is 10.6 Å². The number of hydrogen-bond acceptors (Lipinski definition) is 2. The standard InChI is InChI=1S/C14H28N2O/c1-3-6-13(7-4-2)14(17)16-11-12-8-5-9-15-10-12/h12-13,15H,3-11H2,1-2H3,(H,16,17). The van der Waals surface area contributed by atoms with Gasteiger partial charge in [-0.15, -0.1) is 0 Å². The van der Waals surface area contributed by atoms with E-state index in [4.69, 9.17) is 0 Å². The van der Waals surface area contributed by atoms with Gasteiger partial charge in [0, 0.05) is 12.5 Å². The molecule has 1 aliphatic heterocycles. The van der Waals surface area contributed by atoms with Crippen molar-refractivity contribution < 1.29 is 4.79 Å². The Hall–Kier alpha value is -0.570. The summed E-state index contributed by atoms with van der Waals surface area (Å²) in [5.74, 6) is 1.15. The highest BCUT2D eigenvalue weighted by molar-refractivity contribution is 5.78. The fourth-order valence-electron chi connectivity index (χ4n) is 2.59. The van der Waals surface area contributed by atoms with E-state index >= 15 is 0 Å². The maximum Gasteiger partial charge on any atom is 0.223 e. The molecule has 1 heterocycles. The highest BCUT2D eigenvalue weighted by Crippen LogP contribution is 2.14. The van der Waals surface area contributed by atoms with Gasteiger partial charge in [0.15, 0.2) is 0 Å². The van der Waals surface area contributed by atoms with Crippen molar-refractivity contribution in [2.45, 2.75) is 52.4 Å². The van der Waals surface area contributed by atoms with Crippen molar-refractivity contribution in [2.75, 3.05) is 19.6 Å². The smallest absolute Gasteiger partial charge is 0.223 e. The summed E-state index contributed by atoms with van der Waals surface area (Å²) in [6, 6.07) is 0. The van der Waals surface area contributed by atoms with E-state index in [0.29, 0.717) is 5.92 Å². The Kier molecular flexibility index (Phi) is 7.25. The predicted molar refractivity (Wildman–Crippen MR) is 71.9 cm³/mol. The van der Waals surface area contributed by atoms with Gasteiger partial charge in [-0.05, 0) is 44.7 Å². The molecule has 0 aromatic rings. The van der Waals surface area contributed by atoms with Gasteiger partial charge in [0.1, 0.15) is 0 Å². The third kappa shape index (κ3) is 5.53. The fraction of sp³-hybridized carbons (Fsp3) is 0.929. The Morgan fingerprint density at radius 2 is 2.06 bits per heavy atom. The zero-order valence-electron chi connectivity index (χ0n) is 11.4. The van der Waals surface area contributed by atoms with Crippen LogP contribution in [0.5, 0.6) is 0 Å². The quantitative estimate of drug-likeness (QED) is 0.717. The van der Waals surface area contributed by atoms with Crippen LogP contribution in [0.25, 0.3) is 0 Å². The molecule has 0 aromatic heterocycles. The van der Waals surface area contributed by atoms with E-state index < -0.39 is 0 Å². The van der Waals surface area contributed by atoms with Crippen molar-refractivity contribution in [2.24, 2.45) is 11.8 Å². The first kappa shape index (κ1) is 14.5. The summed E-state index contributed by atoms with van der Waals surface area (Å²) in [6.45, 7) is 7.36. The van der Waals surface area contributed by atoms with Crippen LogP contribution in [0, 0.1) is 11.8 Å². The van der Waals surface area contributed by atoms with Gasteiger partial charge in [0.25, 0.3) is 0 Å². The number of carbonyl (C=O) groups is 1. The summed E-state index contributed by atoms with van der Waals surface area (Å²) in [4.78, 5) is 12.0. The molecule has 1 saturated heterocycles. The van der Waals surface area contributed by atoms with Crippen LogP contribution in [0.3, 0.4) is 0 Å². The topological polar surface area (TPSA) is 41.1 Å². The van der Waals surface area contributed by atoms with Gasteiger partial charge in [-0.3, -0.25) is 4.79 Å². The maximum atomic E-state index is 12.0. The largest absolute Gasteiger partial charge is 0.356 e. The third-order valence-electron chi connectivity index (χ3n) is 3.61. The van der Waals surface area contributed by atoms with E-state index in [9.17, 15) is 4.79 Å². The van der Waals surface area contributed by atoms with Gasteiger partial charge in [-0.2, -0.15) is 0 Å². The molecule has 0 bridgehead atoms. The Morgan fingerprint density at radius 3 is 2.59 bits per heavy atom. The Morgan fingerprint density at radius 1 is 1.35 bits per heavy atom. The molecular weight excluding hydrogens is 212 g/mol. The van der Waals surface area contributed by atoms with Crippen molar-refractivity contribution in [3.05, 3.63) is 0 Å². The molecule has 100 valence electrons. The lowest BCUT2D eigenvalue weighted by Gasteiger charge is -2.24. The Labute approximate surface area is 106 Å². The average Bonchev–Trinajstić information content (AvgIpc) is 2.37. The van der Waals surface area contributed by atoms with Gasteiger partial charge < -0.3 is 10.6 Å². The van der Waals surface area contributed by atoms with Crippen LogP contribution in [0.1, 0.15) is 52.4 Å². The summed E-state index contributed by atoms with van der Waals surface area (Å²) in [6.07, 6.45) is 6.75. The molecule has 0 saturated carbocycles. The highest BCUT2D eigenvalue weighted by Gasteiger charge is 2.18. The van der Waals surface area contributed by atoms with Crippen LogP contribution >= 0.6 is 0 Å². The number of carbonyl (C=O) groups excluding carboxylic acids is 1. The van der Waals surface area contributed by atoms with E-state index in [2.05, 4.69) is 24.5 Å². The molecule has 1 fully saturated rings. The highest BCUT2D eigenvalue weighted by atomic mass is 16.1. The molecule has 1 rings (SSSR count). The summed E-state index contributed by atoms with van der Waals surface area (Å²) >= 11 is 0. The predicted octanol–water partition coefficient (Wildman–Crippen LogP) is 2.32. The molecular formula is C14H28N2O. The van der Waals surface area contributed by atoms with Crippen LogP contribution in [-0.4, -0.2) is 25.5 Å². The van der Waals surface area contributed by atoms with E-state index in [1.807, 2.05) is 0 Å². The summed E-state index contributed by atoms with van der Waals surface area (Å²) in [5, 5.41) is 6.53. The second-order valence-corrected chi connectivity index (χ2v) is 5.23. The lowest BCUT2D eigenvalue weighted by atomic mass is 9.96. The average molecular weight is 240 g/mol. The van der Waals surface area contributed by atoms with Gasteiger partial charge in [0.05, 0.1) is 0 Å². The zero-order valence-corrected chi connectivity index (χ0v) is 11.4. The minimum atomic E-state index is 0.238. The number of hydrogen-bond donors (Lipinski definition) is 2. The van der Waals surface area contributed by atoms with E-state index in [-0.39, 0.29) is 11.8 Å². The molecule has 1 atom stereocenters. The molecule has 0 aromatic carbocycles. The third-order valence-corrected chi connectivity index (χ3v) is 3.61. The summed E-state index contributed by atoms with van der Waals surface area (Å²) in [7, 11) is 0. The van der Waals surface area contributed by atoms with Gasteiger partial charge in [-0.1, -0.05) is 26.7 Å². The van der Waals surface area contributed by atoms with Gasteiger partial charge >= 0.3 is 0 Å². The minimum Gasteiger partial charge on any atom is -0.356 e. The van der Waals surface area contributed by atoms with Crippen molar-refractivity contribution in [1.29, 1.82) is 0 Å². The second-order valence-electron chi connectivity index (χ2n) is 5.23. The number of rotatable bonds is 7.